The summed E-state index contributed by atoms with van der Waals surface area (Å²) < 4.78 is 16.2. The van der Waals surface area contributed by atoms with E-state index in [1.807, 2.05) is 17.4 Å². The molecule has 0 unspecified atom stereocenters. The lowest BCUT2D eigenvalue weighted by atomic mass is 9.95. The first-order chi connectivity index (χ1) is 28.8. The lowest BCUT2D eigenvalue weighted by Gasteiger charge is -2.29. The molecule has 12 aromatic rings. The van der Waals surface area contributed by atoms with Gasteiger partial charge in [0.15, 0.2) is 0 Å². The molecule has 0 spiro atoms. The lowest BCUT2D eigenvalue weighted by molar-refractivity contribution is 0.669. The number of furan rings is 2. The second-order valence-electron chi connectivity index (χ2n) is 14.8. The van der Waals surface area contributed by atoms with Gasteiger partial charge in [0, 0.05) is 47.8 Å². The highest BCUT2D eigenvalue weighted by Crippen LogP contribution is 2.53. The number of para-hydroxylation sites is 1. The zero-order chi connectivity index (χ0) is 38.2. The molecule has 0 fully saturated rings. The Hall–Kier alpha value is -7.40. The predicted molar refractivity (Wildman–Crippen MR) is 245 cm³/mol. The van der Waals surface area contributed by atoms with Crippen LogP contribution in [0.1, 0.15) is 0 Å². The predicted octanol–water partition coefficient (Wildman–Crippen LogP) is 16.3. The van der Waals surface area contributed by atoms with Crippen molar-refractivity contribution in [3.63, 3.8) is 0 Å². The molecule has 9 aromatic carbocycles. The van der Waals surface area contributed by atoms with Crippen LogP contribution in [0.4, 0.5) is 17.1 Å². The van der Waals surface area contributed by atoms with E-state index in [1.165, 1.54) is 20.2 Å². The molecule has 272 valence electrons. The van der Waals surface area contributed by atoms with Crippen LogP contribution in [-0.2, 0) is 0 Å². The van der Waals surface area contributed by atoms with Gasteiger partial charge < -0.3 is 13.7 Å². The zero-order valence-electron chi connectivity index (χ0n) is 31.2. The van der Waals surface area contributed by atoms with Crippen LogP contribution in [0.25, 0.3) is 97.4 Å². The fraction of sp³-hybridized carbons (Fsp3) is 0. The largest absolute Gasteiger partial charge is 0.456 e. The summed E-state index contributed by atoms with van der Waals surface area (Å²) >= 11 is 1.84. The summed E-state index contributed by atoms with van der Waals surface area (Å²) in [6, 6.07) is 71.3. The maximum Gasteiger partial charge on any atom is 0.145 e. The molecular formula is C54H33NO2S. The first kappa shape index (κ1) is 32.8. The number of hydrogen-bond acceptors (Lipinski definition) is 4. The number of hydrogen-bond donors (Lipinski definition) is 0. The van der Waals surface area contributed by atoms with Gasteiger partial charge in [0.1, 0.15) is 22.3 Å². The number of rotatable bonds is 6. The van der Waals surface area contributed by atoms with Crippen LogP contribution in [0.5, 0.6) is 0 Å². The van der Waals surface area contributed by atoms with E-state index in [9.17, 15) is 0 Å². The van der Waals surface area contributed by atoms with Gasteiger partial charge in [-0.25, -0.2) is 0 Å². The van der Waals surface area contributed by atoms with Gasteiger partial charge in [0.25, 0.3) is 0 Å². The molecule has 3 nitrogen and oxygen atoms in total. The van der Waals surface area contributed by atoms with Gasteiger partial charge in [0.05, 0.1) is 22.1 Å². The van der Waals surface area contributed by atoms with Crippen molar-refractivity contribution < 1.29 is 8.83 Å². The number of anilines is 3. The lowest BCUT2D eigenvalue weighted by Crippen LogP contribution is -2.12. The van der Waals surface area contributed by atoms with E-state index in [0.717, 1.165) is 94.3 Å². The fourth-order valence-electron chi connectivity index (χ4n) is 8.83. The van der Waals surface area contributed by atoms with Crippen LogP contribution in [0, 0.1) is 0 Å². The van der Waals surface area contributed by atoms with Crippen LogP contribution >= 0.6 is 11.3 Å². The normalized spacial score (nSPS) is 11.8. The molecule has 3 aromatic heterocycles. The molecular weight excluding hydrogens is 727 g/mol. The molecule has 0 radical (unpaired) electrons. The van der Waals surface area contributed by atoms with E-state index in [0.29, 0.717) is 0 Å². The average molecular weight is 760 g/mol. The Morgan fingerprint density at radius 3 is 1.78 bits per heavy atom. The van der Waals surface area contributed by atoms with Crippen molar-refractivity contribution in [2.45, 2.75) is 0 Å². The molecule has 4 heteroatoms. The minimum atomic E-state index is 0.838. The summed E-state index contributed by atoms with van der Waals surface area (Å²) in [4.78, 5) is 2.47. The van der Waals surface area contributed by atoms with Crippen molar-refractivity contribution in [1.82, 2.24) is 0 Å². The first-order valence-corrected chi connectivity index (χ1v) is 20.4. The number of benzene rings is 9. The van der Waals surface area contributed by atoms with Crippen molar-refractivity contribution in [3.05, 3.63) is 200 Å². The molecule has 0 N–H and O–H groups in total. The van der Waals surface area contributed by atoms with Crippen LogP contribution in [-0.4, -0.2) is 0 Å². The SMILES string of the molecule is c1ccc(-c2ccc3c(c2)oc2c(-c4ccccc4)ccc(N(c4ccc5c(c4)sc4ccccc45)c4c(-c5ccccc5)ccc5oc6ccccc6c45)c23)cc1. The number of thiophene rings is 1. The Labute approximate surface area is 338 Å². The van der Waals surface area contributed by atoms with Gasteiger partial charge in [-0.3, -0.25) is 0 Å². The van der Waals surface area contributed by atoms with Gasteiger partial charge in [-0.2, -0.15) is 0 Å². The first-order valence-electron chi connectivity index (χ1n) is 19.6. The summed E-state index contributed by atoms with van der Waals surface area (Å²) in [5.74, 6) is 0. The Morgan fingerprint density at radius 1 is 0.362 bits per heavy atom. The maximum absolute atomic E-state index is 7.09. The third kappa shape index (κ3) is 5.12. The van der Waals surface area contributed by atoms with E-state index in [-0.39, 0.29) is 0 Å². The van der Waals surface area contributed by atoms with Crippen molar-refractivity contribution in [2.75, 3.05) is 4.90 Å². The molecule has 0 aliphatic carbocycles. The molecule has 0 aliphatic rings. The Morgan fingerprint density at radius 2 is 0.983 bits per heavy atom. The Bertz CT molecular complexity index is 3510. The fourth-order valence-corrected chi connectivity index (χ4v) is 9.97. The van der Waals surface area contributed by atoms with Crippen molar-refractivity contribution in [2.24, 2.45) is 0 Å². The topological polar surface area (TPSA) is 29.5 Å². The minimum Gasteiger partial charge on any atom is -0.456 e. The molecule has 58 heavy (non-hydrogen) atoms. The standard InChI is InChI=1S/C54H33NO2S/c1-4-14-34(15-5-1)37-24-26-44-48(32-37)57-54-40(36-18-8-3-9-19-36)28-30-45(51(44)54)55(38-25-27-42-41-20-11-13-23-49(41)58-50(42)33-38)53-39(35-16-6-2-7-17-35)29-31-47-52(53)43-21-10-12-22-46(43)56-47/h1-33H. The quantitative estimate of drug-likeness (QED) is 0.169. The van der Waals surface area contributed by atoms with Crippen molar-refractivity contribution >= 4 is 92.4 Å². The molecule has 0 atom stereocenters. The van der Waals surface area contributed by atoms with Gasteiger partial charge >= 0.3 is 0 Å². The van der Waals surface area contributed by atoms with Gasteiger partial charge in [-0.05, 0) is 82.9 Å². The van der Waals surface area contributed by atoms with Gasteiger partial charge in [0.2, 0.25) is 0 Å². The third-order valence-electron chi connectivity index (χ3n) is 11.5. The second-order valence-corrected chi connectivity index (χ2v) is 15.9. The van der Waals surface area contributed by atoms with E-state index in [2.05, 4.69) is 199 Å². The summed E-state index contributed by atoms with van der Waals surface area (Å²) in [5.41, 5.74) is 13.2. The molecule has 12 rings (SSSR count). The van der Waals surface area contributed by atoms with Crippen LogP contribution in [0.3, 0.4) is 0 Å². The van der Waals surface area contributed by atoms with Crippen LogP contribution < -0.4 is 4.90 Å². The number of nitrogens with zero attached hydrogens (tertiary/aromatic N) is 1. The average Bonchev–Trinajstić information content (AvgIpc) is 3.99. The van der Waals surface area contributed by atoms with Crippen LogP contribution in [0.2, 0.25) is 0 Å². The summed E-state index contributed by atoms with van der Waals surface area (Å²) in [6.07, 6.45) is 0. The van der Waals surface area contributed by atoms with Gasteiger partial charge in [-0.15, -0.1) is 11.3 Å². The Kier molecular flexibility index (Phi) is 7.40. The smallest absolute Gasteiger partial charge is 0.145 e. The molecule has 0 bridgehead atoms. The summed E-state index contributed by atoms with van der Waals surface area (Å²) in [5, 5.41) is 6.77. The molecule has 0 saturated carbocycles. The van der Waals surface area contributed by atoms with Crippen LogP contribution in [0.15, 0.2) is 209 Å². The Balaban J connectivity index is 1.23. The molecule has 0 aliphatic heterocycles. The molecule has 3 heterocycles. The highest BCUT2D eigenvalue weighted by atomic mass is 32.1. The second kappa shape index (κ2) is 13.1. The molecule has 0 amide bonds. The molecule has 0 saturated heterocycles. The maximum atomic E-state index is 7.09. The highest BCUT2D eigenvalue weighted by Gasteiger charge is 2.28. The van der Waals surface area contributed by atoms with E-state index < -0.39 is 0 Å². The highest BCUT2D eigenvalue weighted by molar-refractivity contribution is 7.25. The van der Waals surface area contributed by atoms with Crippen molar-refractivity contribution in [1.29, 1.82) is 0 Å². The van der Waals surface area contributed by atoms with E-state index >= 15 is 0 Å². The summed E-state index contributed by atoms with van der Waals surface area (Å²) in [7, 11) is 0. The van der Waals surface area contributed by atoms with E-state index in [4.69, 9.17) is 8.83 Å². The van der Waals surface area contributed by atoms with Gasteiger partial charge in [-0.1, -0.05) is 140 Å². The zero-order valence-corrected chi connectivity index (χ0v) is 32.0. The third-order valence-corrected chi connectivity index (χ3v) is 12.6. The number of fused-ring (bicyclic) bond motifs is 9. The monoisotopic (exact) mass is 759 g/mol. The van der Waals surface area contributed by atoms with E-state index in [1.54, 1.807) is 0 Å². The summed E-state index contributed by atoms with van der Waals surface area (Å²) in [6.45, 7) is 0. The minimum absolute atomic E-state index is 0.838. The van der Waals surface area contributed by atoms with Crippen molar-refractivity contribution in [3.8, 4) is 33.4 Å².